The van der Waals surface area contributed by atoms with Gasteiger partial charge in [-0.2, -0.15) is 0 Å². The highest BCUT2D eigenvalue weighted by molar-refractivity contribution is 7.78. The largest absolute Gasteiger partial charge is 0.361 e. The van der Waals surface area contributed by atoms with E-state index in [1.807, 2.05) is 6.20 Å². The number of aromatic nitrogens is 1. The summed E-state index contributed by atoms with van der Waals surface area (Å²) >= 11 is 4.00. The number of nitrogens with one attached hydrogen (secondary N) is 1. The van der Waals surface area contributed by atoms with Crippen molar-refractivity contribution in [3.63, 3.8) is 0 Å². The molecule has 0 aliphatic heterocycles. The van der Waals surface area contributed by atoms with Crippen LogP contribution in [-0.4, -0.2) is 21.9 Å². The number of hydrogen-bond donors (Lipinski definition) is 3. The lowest BCUT2D eigenvalue weighted by Gasteiger charge is -2.11. The molecule has 1 aromatic carbocycles. The Kier molecular flexibility index (Phi) is 3.28. The van der Waals surface area contributed by atoms with Crippen LogP contribution in [0.15, 0.2) is 24.4 Å². The number of benzene rings is 1. The van der Waals surface area contributed by atoms with Crippen LogP contribution in [0, 0.1) is 6.92 Å². The van der Waals surface area contributed by atoms with E-state index in [-0.39, 0.29) is 0 Å². The minimum absolute atomic E-state index is 0.499. The number of hydrogen-bond acceptors (Lipinski definition) is 2. The van der Waals surface area contributed by atoms with E-state index in [2.05, 4.69) is 42.9 Å². The molecule has 1 aromatic heterocycles. The number of aromatic amines is 1. The molecule has 0 fully saturated rings. The predicted octanol–water partition coefficient (Wildman–Crippen LogP) is 2.24. The Hall–Kier alpha value is -1.62. The summed E-state index contributed by atoms with van der Waals surface area (Å²) in [6, 6.07) is 5.73. The third-order valence-corrected chi connectivity index (χ3v) is 3.17. The topological polar surface area (TPSA) is 62.1 Å². The maximum Gasteiger partial charge on any atom is 0.324 e. The van der Waals surface area contributed by atoms with Crippen molar-refractivity contribution in [3.05, 3.63) is 35.5 Å². The Morgan fingerprint density at radius 2 is 2.29 bits per heavy atom. The molecule has 17 heavy (non-hydrogen) atoms. The van der Waals surface area contributed by atoms with Crippen LogP contribution < -0.4 is 5.73 Å². The van der Waals surface area contributed by atoms with Crippen molar-refractivity contribution in [1.82, 2.24) is 9.29 Å². The van der Waals surface area contributed by atoms with Crippen LogP contribution in [0.2, 0.25) is 0 Å². The summed E-state index contributed by atoms with van der Waals surface area (Å²) in [6.45, 7) is 2.56. The van der Waals surface area contributed by atoms with Gasteiger partial charge in [-0.15, -0.1) is 0 Å². The van der Waals surface area contributed by atoms with E-state index in [1.54, 1.807) is 0 Å². The van der Waals surface area contributed by atoms with Crippen molar-refractivity contribution < 1.29 is 4.79 Å². The SMILES string of the molecule is Cc1ccc2[nH]cc(CCN(S)C(N)=O)c2c1. The number of fused-ring (bicyclic) bond motifs is 1. The third kappa shape index (κ3) is 2.55. The fraction of sp³-hybridized carbons (Fsp3) is 0.250. The van der Waals surface area contributed by atoms with Crippen molar-refractivity contribution in [1.29, 1.82) is 0 Å². The first-order valence-electron chi connectivity index (χ1n) is 5.40. The standard InChI is InChI=1S/C12H15N3OS/c1-8-2-3-11-10(6-8)9(7-14-11)4-5-15(17)12(13)16/h2-3,6-7,14,17H,4-5H2,1H3,(H2,13,16). The highest BCUT2D eigenvalue weighted by Crippen LogP contribution is 2.20. The van der Waals surface area contributed by atoms with Crippen LogP contribution in [0.25, 0.3) is 10.9 Å². The van der Waals surface area contributed by atoms with Crippen LogP contribution in [-0.2, 0) is 6.42 Å². The highest BCUT2D eigenvalue weighted by Gasteiger charge is 2.07. The van der Waals surface area contributed by atoms with E-state index in [0.29, 0.717) is 6.54 Å². The lowest BCUT2D eigenvalue weighted by Crippen LogP contribution is -2.29. The monoisotopic (exact) mass is 249 g/mol. The summed E-state index contributed by atoms with van der Waals surface area (Å²) in [7, 11) is 0. The smallest absolute Gasteiger partial charge is 0.324 e. The number of urea groups is 1. The zero-order valence-electron chi connectivity index (χ0n) is 9.60. The highest BCUT2D eigenvalue weighted by atomic mass is 32.1. The van der Waals surface area contributed by atoms with Crippen LogP contribution >= 0.6 is 12.8 Å². The predicted molar refractivity (Wildman–Crippen MR) is 72.0 cm³/mol. The maximum absolute atomic E-state index is 10.8. The summed E-state index contributed by atoms with van der Waals surface area (Å²) in [5.74, 6) is 0. The summed E-state index contributed by atoms with van der Waals surface area (Å²) in [4.78, 5) is 14.0. The number of amides is 2. The molecule has 4 nitrogen and oxygen atoms in total. The first kappa shape index (κ1) is 11.9. The molecule has 0 atom stereocenters. The van der Waals surface area contributed by atoms with Gasteiger partial charge in [-0.1, -0.05) is 24.4 Å². The van der Waals surface area contributed by atoms with E-state index in [4.69, 9.17) is 5.73 Å². The minimum Gasteiger partial charge on any atom is -0.361 e. The number of rotatable bonds is 3. The molecule has 2 amide bonds. The van der Waals surface area contributed by atoms with Gasteiger partial charge in [-0.3, -0.25) is 4.31 Å². The number of H-pyrrole nitrogens is 1. The first-order valence-corrected chi connectivity index (χ1v) is 5.80. The Labute approximate surface area is 105 Å². The van der Waals surface area contributed by atoms with Gasteiger partial charge in [0.05, 0.1) is 0 Å². The van der Waals surface area contributed by atoms with Crippen molar-refractivity contribution in [2.24, 2.45) is 5.73 Å². The van der Waals surface area contributed by atoms with E-state index < -0.39 is 6.03 Å². The third-order valence-electron chi connectivity index (χ3n) is 2.77. The number of primary amides is 1. The molecule has 3 N–H and O–H groups in total. The van der Waals surface area contributed by atoms with Crippen molar-refractivity contribution in [2.45, 2.75) is 13.3 Å². The molecular formula is C12H15N3OS. The van der Waals surface area contributed by atoms with Crippen molar-refractivity contribution >= 4 is 29.7 Å². The van der Waals surface area contributed by atoms with E-state index >= 15 is 0 Å². The second-order valence-electron chi connectivity index (χ2n) is 4.07. The Balaban J connectivity index is 2.19. The molecule has 0 saturated heterocycles. The number of nitrogens with two attached hydrogens (primary N) is 1. The van der Waals surface area contributed by atoms with Gasteiger partial charge in [0, 0.05) is 23.6 Å². The zero-order valence-corrected chi connectivity index (χ0v) is 10.5. The molecule has 0 bridgehead atoms. The molecule has 0 aliphatic carbocycles. The van der Waals surface area contributed by atoms with Crippen molar-refractivity contribution in [2.75, 3.05) is 6.54 Å². The number of carbonyl (C=O) groups is 1. The average molecular weight is 249 g/mol. The molecule has 2 rings (SSSR count). The zero-order chi connectivity index (χ0) is 12.4. The Morgan fingerprint density at radius 3 is 3.00 bits per heavy atom. The minimum atomic E-state index is -0.524. The number of carbonyl (C=O) groups excluding carboxylic acids is 1. The van der Waals surface area contributed by atoms with Crippen LogP contribution in [0.3, 0.4) is 0 Å². The summed E-state index contributed by atoms with van der Waals surface area (Å²) in [6.07, 6.45) is 2.70. The van der Waals surface area contributed by atoms with Gasteiger partial charge in [0.2, 0.25) is 0 Å². The molecule has 0 aliphatic rings. The second-order valence-corrected chi connectivity index (χ2v) is 4.56. The molecule has 0 spiro atoms. The van der Waals surface area contributed by atoms with Gasteiger partial charge in [0.25, 0.3) is 0 Å². The Morgan fingerprint density at radius 1 is 1.53 bits per heavy atom. The van der Waals surface area contributed by atoms with Crippen LogP contribution in [0.5, 0.6) is 0 Å². The van der Waals surface area contributed by atoms with Gasteiger partial charge in [-0.25, -0.2) is 4.79 Å². The first-order chi connectivity index (χ1) is 8.08. The molecule has 90 valence electrons. The molecule has 5 heteroatoms. The van der Waals surface area contributed by atoms with E-state index in [1.165, 1.54) is 20.8 Å². The molecular weight excluding hydrogens is 234 g/mol. The van der Waals surface area contributed by atoms with E-state index in [0.717, 1.165) is 11.9 Å². The quantitative estimate of drug-likeness (QED) is 0.718. The summed E-state index contributed by atoms with van der Waals surface area (Å²) < 4.78 is 1.22. The molecule has 0 radical (unpaired) electrons. The maximum atomic E-state index is 10.8. The van der Waals surface area contributed by atoms with Gasteiger partial charge >= 0.3 is 6.03 Å². The van der Waals surface area contributed by atoms with E-state index in [9.17, 15) is 4.79 Å². The summed E-state index contributed by atoms with van der Waals surface area (Å²) in [5.41, 5.74) is 8.61. The van der Waals surface area contributed by atoms with Gasteiger partial charge < -0.3 is 10.7 Å². The number of nitrogens with zero attached hydrogens (tertiary/aromatic N) is 1. The number of thiol groups is 1. The van der Waals surface area contributed by atoms with Gasteiger partial charge in [0.15, 0.2) is 0 Å². The normalized spacial score (nSPS) is 10.7. The lowest BCUT2D eigenvalue weighted by atomic mass is 10.1. The van der Waals surface area contributed by atoms with Gasteiger partial charge in [0.1, 0.15) is 0 Å². The molecule has 0 saturated carbocycles. The molecule has 1 heterocycles. The fourth-order valence-electron chi connectivity index (χ4n) is 1.84. The van der Waals surface area contributed by atoms with Crippen LogP contribution in [0.4, 0.5) is 4.79 Å². The Bertz CT molecular complexity index is 550. The summed E-state index contributed by atoms with van der Waals surface area (Å²) in [5, 5.41) is 1.19. The lowest BCUT2D eigenvalue weighted by molar-refractivity contribution is 0.235. The molecule has 0 unspecified atom stereocenters. The fourth-order valence-corrected chi connectivity index (χ4v) is 1.94. The van der Waals surface area contributed by atoms with Crippen molar-refractivity contribution in [3.8, 4) is 0 Å². The number of aryl methyl sites for hydroxylation is 1. The second kappa shape index (κ2) is 4.71. The van der Waals surface area contributed by atoms with Crippen LogP contribution in [0.1, 0.15) is 11.1 Å². The van der Waals surface area contributed by atoms with Gasteiger partial charge in [-0.05, 0) is 31.0 Å². The average Bonchev–Trinajstić information content (AvgIpc) is 2.68. The molecule has 2 aromatic rings.